The number of nitrogens with zero attached hydrogens (tertiary/aromatic N) is 1. The minimum Gasteiger partial charge on any atom is -0.388 e. The molecule has 0 aromatic rings. The molecular weight excluding hydrogens is 166 g/mol. The van der Waals surface area contributed by atoms with Gasteiger partial charge in [0.25, 0.3) is 0 Å². The third-order valence-corrected chi connectivity index (χ3v) is 2.98. The zero-order valence-electron chi connectivity index (χ0n) is 8.50. The van der Waals surface area contributed by atoms with Gasteiger partial charge < -0.3 is 9.84 Å². The van der Waals surface area contributed by atoms with Gasteiger partial charge in [0.2, 0.25) is 0 Å². The second-order valence-electron chi connectivity index (χ2n) is 4.25. The highest BCUT2D eigenvalue weighted by atomic mass is 16.5. The maximum Gasteiger partial charge on any atom is 0.0877 e. The maximum atomic E-state index is 10.0. The predicted molar refractivity (Wildman–Crippen MR) is 49.0 cm³/mol. The van der Waals surface area contributed by atoms with Gasteiger partial charge >= 0.3 is 0 Å². The number of ether oxygens (including phenoxy) is 1. The Hall–Kier alpha value is -0.590. The van der Waals surface area contributed by atoms with Crippen molar-refractivity contribution in [2.45, 2.75) is 45.3 Å². The molecule has 0 unspecified atom stereocenters. The van der Waals surface area contributed by atoms with Crippen LogP contribution >= 0.6 is 0 Å². The molecule has 74 valence electrons. The number of rotatable bonds is 3. The summed E-state index contributed by atoms with van der Waals surface area (Å²) in [6.07, 6.45) is 1.31. The van der Waals surface area contributed by atoms with Crippen LogP contribution in [0.3, 0.4) is 0 Å². The first-order valence-electron chi connectivity index (χ1n) is 4.70. The summed E-state index contributed by atoms with van der Waals surface area (Å²) in [6.45, 7) is 6.16. The number of nitriles is 1. The summed E-state index contributed by atoms with van der Waals surface area (Å²) in [5.41, 5.74) is -1.51. The van der Waals surface area contributed by atoms with E-state index in [1.807, 2.05) is 6.92 Å². The average molecular weight is 183 g/mol. The van der Waals surface area contributed by atoms with E-state index in [0.717, 1.165) is 0 Å². The van der Waals surface area contributed by atoms with Crippen LogP contribution in [0.1, 0.15) is 33.6 Å². The Morgan fingerprint density at radius 2 is 2.15 bits per heavy atom. The number of aliphatic hydroxyl groups is 1. The molecule has 0 aromatic heterocycles. The minimum atomic E-state index is -0.846. The molecule has 3 nitrogen and oxygen atoms in total. The Balaban J connectivity index is 2.52. The molecule has 1 aliphatic rings. The summed E-state index contributed by atoms with van der Waals surface area (Å²) in [4.78, 5) is 0. The van der Waals surface area contributed by atoms with Crippen molar-refractivity contribution < 1.29 is 9.84 Å². The van der Waals surface area contributed by atoms with Crippen LogP contribution in [0.5, 0.6) is 0 Å². The zero-order valence-corrected chi connectivity index (χ0v) is 8.50. The quantitative estimate of drug-likeness (QED) is 0.720. The van der Waals surface area contributed by atoms with Gasteiger partial charge in [-0.1, -0.05) is 0 Å². The zero-order chi connectivity index (χ0) is 10.1. The van der Waals surface area contributed by atoms with Crippen LogP contribution in [0.2, 0.25) is 0 Å². The summed E-state index contributed by atoms with van der Waals surface area (Å²) >= 11 is 0. The molecule has 1 fully saturated rings. The first kappa shape index (κ1) is 10.5. The monoisotopic (exact) mass is 183 g/mol. The molecule has 0 aliphatic heterocycles. The summed E-state index contributed by atoms with van der Waals surface area (Å²) in [6, 6.07) is 2.14. The van der Waals surface area contributed by atoms with E-state index < -0.39 is 11.0 Å². The molecule has 1 rings (SSSR count). The van der Waals surface area contributed by atoms with Gasteiger partial charge in [-0.2, -0.15) is 5.26 Å². The van der Waals surface area contributed by atoms with Gasteiger partial charge in [0.15, 0.2) is 0 Å². The lowest BCUT2D eigenvalue weighted by Gasteiger charge is -2.49. The standard InChI is InChI=1S/C10H17NO2/c1-4-13-8-5-10(12,6-8)9(2,3)7-11/h8,12H,4-6H2,1-3H3. The van der Waals surface area contributed by atoms with Gasteiger partial charge in [-0.25, -0.2) is 0 Å². The molecule has 1 saturated carbocycles. The highest BCUT2D eigenvalue weighted by Crippen LogP contribution is 2.46. The fourth-order valence-electron chi connectivity index (χ4n) is 1.66. The molecule has 0 radical (unpaired) electrons. The molecule has 0 aromatic carbocycles. The van der Waals surface area contributed by atoms with Crippen LogP contribution in [0.4, 0.5) is 0 Å². The van der Waals surface area contributed by atoms with Crippen LogP contribution in [0.15, 0.2) is 0 Å². The molecule has 13 heavy (non-hydrogen) atoms. The molecule has 0 bridgehead atoms. The first-order chi connectivity index (χ1) is 5.95. The van der Waals surface area contributed by atoms with E-state index in [0.29, 0.717) is 19.4 Å². The molecule has 0 atom stereocenters. The van der Waals surface area contributed by atoms with Gasteiger partial charge in [-0.3, -0.25) is 0 Å². The van der Waals surface area contributed by atoms with Crippen molar-refractivity contribution in [1.82, 2.24) is 0 Å². The van der Waals surface area contributed by atoms with Crippen molar-refractivity contribution in [3.05, 3.63) is 0 Å². The van der Waals surface area contributed by atoms with Crippen LogP contribution in [-0.4, -0.2) is 23.4 Å². The Morgan fingerprint density at radius 1 is 1.62 bits per heavy atom. The number of hydrogen-bond donors (Lipinski definition) is 1. The third kappa shape index (κ3) is 1.70. The van der Waals surface area contributed by atoms with Gasteiger partial charge in [-0.15, -0.1) is 0 Å². The lowest BCUT2D eigenvalue weighted by molar-refractivity contribution is -0.177. The van der Waals surface area contributed by atoms with E-state index in [9.17, 15) is 5.11 Å². The fourth-order valence-corrected chi connectivity index (χ4v) is 1.66. The van der Waals surface area contributed by atoms with Crippen molar-refractivity contribution in [3.8, 4) is 6.07 Å². The van der Waals surface area contributed by atoms with E-state index in [1.165, 1.54) is 0 Å². The van der Waals surface area contributed by atoms with E-state index >= 15 is 0 Å². The SMILES string of the molecule is CCOC1CC(O)(C(C)(C)C#N)C1. The highest BCUT2D eigenvalue weighted by molar-refractivity contribution is 5.13. The molecule has 0 amide bonds. The smallest absolute Gasteiger partial charge is 0.0877 e. The minimum absolute atomic E-state index is 0.141. The predicted octanol–water partition coefficient (Wildman–Crippen LogP) is 1.47. The van der Waals surface area contributed by atoms with Crippen molar-refractivity contribution in [2.75, 3.05) is 6.61 Å². The maximum absolute atomic E-state index is 10.0. The van der Waals surface area contributed by atoms with E-state index in [-0.39, 0.29) is 6.10 Å². The van der Waals surface area contributed by atoms with Crippen LogP contribution in [-0.2, 0) is 4.74 Å². The largest absolute Gasteiger partial charge is 0.388 e. The summed E-state index contributed by atoms with van der Waals surface area (Å²) in [5, 5.41) is 18.9. The Kier molecular flexibility index (Phi) is 2.65. The highest BCUT2D eigenvalue weighted by Gasteiger charge is 2.53. The van der Waals surface area contributed by atoms with Crippen molar-refractivity contribution in [3.63, 3.8) is 0 Å². The average Bonchev–Trinajstić information content (AvgIpc) is 2.01. The van der Waals surface area contributed by atoms with Crippen molar-refractivity contribution in [1.29, 1.82) is 5.26 Å². The van der Waals surface area contributed by atoms with Gasteiger partial charge in [0, 0.05) is 19.4 Å². The molecule has 3 heteroatoms. The number of hydrogen-bond acceptors (Lipinski definition) is 3. The van der Waals surface area contributed by atoms with Crippen LogP contribution in [0, 0.1) is 16.7 Å². The van der Waals surface area contributed by atoms with Crippen molar-refractivity contribution in [2.24, 2.45) is 5.41 Å². The van der Waals surface area contributed by atoms with E-state index in [4.69, 9.17) is 10.00 Å². The third-order valence-electron chi connectivity index (χ3n) is 2.98. The molecular formula is C10H17NO2. The second-order valence-corrected chi connectivity index (χ2v) is 4.25. The van der Waals surface area contributed by atoms with Crippen molar-refractivity contribution >= 4 is 0 Å². The summed E-state index contributed by atoms with van der Waals surface area (Å²) in [7, 11) is 0. The summed E-state index contributed by atoms with van der Waals surface area (Å²) in [5.74, 6) is 0. The second kappa shape index (κ2) is 3.28. The Labute approximate surface area is 79.3 Å². The Morgan fingerprint density at radius 3 is 2.54 bits per heavy atom. The van der Waals surface area contributed by atoms with E-state index in [1.54, 1.807) is 13.8 Å². The first-order valence-corrected chi connectivity index (χ1v) is 4.70. The van der Waals surface area contributed by atoms with E-state index in [2.05, 4.69) is 6.07 Å². The topological polar surface area (TPSA) is 53.2 Å². The molecule has 0 saturated heterocycles. The van der Waals surface area contributed by atoms with Gasteiger partial charge in [0.05, 0.1) is 23.2 Å². The molecule has 0 heterocycles. The lowest BCUT2D eigenvalue weighted by Crippen LogP contribution is -2.57. The summed E-state index contributed by atoms with van der Waals surface area (Å²) < 4.78 is 5.34. The van der Waals surface area contributed by atoms with Crippen LogP contribution < -0.4 is 0 Å². The Bertz CT molecular complexity index is 224. The lowest BCUT2D eigenvalue weighted by atomic mass is 9.62. The fraction of sp³-hybridized carbons (Fsp3) is 0.900. The molecule has 1 aliphatic carbocycles. The van der Waals surface area contributed by atoms with Gasteiger partial charge in [0.1, 0.15) is 0 Å². The molecule has 1 N–H and O–H groups in total. The van der Waals surface area contributed by atoms with Gasteiger partial charge in [-0.05, 0) is 20.8 Å². The van der Waals surface area contributed by atoms with Crippen LogP contribution in [0.25, 0.3) is 0 Å². The normalized spacial score (nSPS) is 33.6. The molecule has 0 spiro atoms.